The van der Waals surface area contributed by atoms with Gasteiger partial charge in [-0.1, -0.05) is 20.8 Å². The van der Waals surface area contributed by atoms with Gasteiger partial charge in [0.2, 0.25) is 0 Å². The van der Waals surface area contributed by atoms with Crippen molar-refractivity contribution in [3.05, 3.63) is 22.4 Å². The molecule has 1 nitrogen and oxygen atoms in total. The van der Waals surface area contributed by atoms with Gasteiger partial charge in [-0.2, -0.15) is 11.3 Å². The van der Waals surface area contributed by atoms with Gasteiger partial charge in [0.15, 0.2) is 0 Å². The van der Waals surface area contributed by atoms with Crippen LogP contribution in [0.2, 0.25) is 0 Å². The summed E-state index contributed by atoms with van der Waals surface area (Å²) in [7, 11) is 0. The maximum Gasteiger partial charge on any atom is 0.0447 e. The van der Waals surface area contributed by atoms with Gasteiger partial charge in [0.05, 0.1) is 0 Å². The molecule has 1 heterocycles. The third-order valence-corrected chi connectivity index (χ3v) is 2.24. The van der Waals surface area contributed by atoms with Crippen LogP contribution in [0.3, 0.4) is 0 Å². The Bertz CT molecular complexity index is 241. The first-order valence-electron chi connectivity index (χ1n) is 3.63. The van der Waals surface area contributed by atoms with Gasteiger partial charge in [-0.15, -0.1) is 0 Å². The topological polar surface area (TPSA) is 23.9 Å². The molecule has 0 spiro atoms. The summed E-state index contributed by atoms with van der Waals surface area (Å²) in [5, 5.41) is 11.8. The fraction of sp³-hybridized carbons (Fsp3) is 0.444. The Morgan fingerprint density at radius 1 is 1.45 bits per heavy atom. The zero-order valence-electron chi connectivity index (χ0n) is 7.14. The van der Waals surface area contributed by atoms with Crippen LogP contribution in [0.4, 0.5) is 0 Å². The maximum absolute atomic E-state index is 7.80. The maximum atomic E-state index is 7.80. The lowest BCUT2D eigenvalue weighted by molar-refractivity contribution is 0.589. The average molecular weight is 167 g/mol. The van der Waals surface area contributed by atoms with E-state index in [4.69, 9.17) is 5.41 Å². The zero-order valence-corrected chi connectivity index (χ0v) is 7.96. The van der Waals surface area contributed by atoms with Crippen molar-refractivity contribution in [3.63, 3.8) is 0 Å². The first-order chi connectivity index (χ1) is 5.02. The summed E-state index contributed by atoms with van der Waals surface area (Å²) in [4.78, 5) is 0. The minimum Gasteiger partial charge on any atom is -0.304 e. The van der Waals surface area contributed by atoms with Crippen LogP contribution in [0.15, 0.2) is 16.8 Å². The third kappa shape index (κ3) is 1.90. The molecular weight excluding hydrogens is 154 g/mol. The van der Waals surface area contributed by atoms with E-state index < -0.39 is 0 Å². The smallest absolute Gasteiger partial charge is 0.0447 e. The molecule has 0 bridgehead atoms. The molecular formula is C9H13NS. The molecule has 0 aliphatic carbocycles. The lowest BCUT2D eigenvalue weighted by Crippen LogP contribution is -2.19. The van der Waals surface area contributed by atoms with E-state index in [1.165, 1.54) is 0 Å². The molecule has 1 aromatic rings. The highest BCUT2D eigenvalue weighted by molar-refractivity contribution is 7.08. The van der Waals surface area contributed by atoms with Crippen LogP contribution >= 0.6 is 11.3 Å². The van der Waals surface area contributed by atoms with Crippen LogP contribution in [0.5, 0.6) is 0 Å². The lowest BCUT2D eigenvalue weighted by atomic mass is 9.87. The van der Waals surface area contributed by atoms with Crippen molar-refractivity contribution < 1.29 is 0 Å². The van der Waals surface area contributed by atoms with Crippen molar-refractivity contribution >= 4 is 17.0 Å². The van der Waals surface area contributed by atoms with Crippen molar-refractivity contribution in [1.29, 1.82) is 5.41 Å². The van der Waals surface area contributed by atoms with Crippen LogP contribution in [-0.4, -0.2) is 5.71 Å². The molecule has 0 saturated heterocycles. The Labute approximate surface area is 71.6 Å². The van der Waals surface area contributed by atoms with Crippen molar-refractivity contribution in [1.82, 2.24) is 0 Å². The first-order valence-corrected chi connectivity index (χ1v) is 4.57. The van der Waals surface area contributed by atoms with Crippen LogP contribution in [0.1, 0.15) is 26.3 Å². The van der Waals surface area contributed by atoms with Crippen molar-refractivity contribution in [2.45, 2.75) is 20.8 Å². The standard InChI is InChI=1S/C9H13NS/c1-9(2,3)8(10)7-4-5-11-6-7/h4-6,10H,1-3H3. The van der Waals surface area contributed by atoms with E-state index in [-0.39, 0.29) is 5.41 Å². The van der Waals surface area contributed by atoms with Gasteiger partial charge in [-0.3, -0.25) is 0 Å². The Morgan fingerprint density at radius 3 is 2.45 bits per heavy atom. The highest BCUT2D eigenvalue weighted by Gasteiger charge is 2.18. The quantitative estimate of drug-likeness (QED) is 0.621. The Hall–Kier alpha value is -0.630. The van der Waals surface area contributed by atoms with Gasteiger partial charge in [0.25, 0.3) is 0 Å². The monoisotopic (exact) mass is 167 g/mol. The second-order valence-corrected chi connectivity index (χ2v) is 4.42. The molecule has 11 heavy (non-hydrogen) atoms. The van der Waals surface area contributed by atoms with E-state index in [0.29, 0.717) is 0 Å². The van der Waals surface area contributed by atoms with Gasteiger partial charge in [0, 0.05) is 16.7 Å². The summed E-state index contributed by atoms with van der Waals surface area (Å²) >= 11 is 1.64. The second-order valence-electron chi connectivity index (χ2n) is 3.64. The number of thiophene rings is 1. The SMILES string of the molecule is CC(C)(C)C(=N)c1ccsc1. The second kappa shape index (κ2) is 2.78. The minimum atomic E-state index is -0.0267. The molecule has 0 amide bonds. The van der Waals surface area contributed by atoms with Gasteiger partial charge >= 0.3 is 0 Å². The fourth-order valence-corrected chi connectivity index (χ4v) is 1.49. The third-order valence-electron chi connectivity index (χ3n) is 1.56. The predicted molar refractivity (Wildman–Crippen MR) is 50.6 cm³/mol. The van der Waals surface area contributed by atoms with Crippen LogP contribution < -0.4 is 0 Å². The van der Waals surface area contributed by atoms with E-state index in [0.717, 1.165) is 11.3 Å². The fourth-order valence-electron chi connectivity index (χ4n) is 0.840. The molecule has 1 aromatic heterocycles. The first kappa shape index (κ1) is 8.47. The molecule has 60 valence electrons. The van der Waals surface area contributed by atoms with E-state index in [1.807, 2.05) is 16.8 Å². The van der Waals surface area contributed by atoms with Crippen LogP contribution in [0.25, 0.3) is 0 Å². The molecule has 0 saturated carbocycles. The van der Waals surface area contributed by atoms with E-state index >= 15 is 0 Å². The predicted octanol–water partition coefficient (Wildman–Crippen LogP) is 3.16. The average Bonchev–Trinajstić information content (AvgIpc) is 2.34. The van der Waals surface area contributed by atoms with Crippen molar-refractivity contribution in [3.8, 4) is 0 Å². The molecule has 1 N–H and O–H groups in total. The number of nitrogens with one attached hydrogen (secondary N) is 1. The van der Waals surface area contributed by atoms with Gasteiger partial charge < -0.3 is 5.41 Å². The van der Waals surface area contributed by atoms with Gasteiger partial charge in [-0.05, 0) is 16.8 Å². The lowest BCUT2D eigenvalue weighted by Gasteiger charge is -2.18. The molecule has 0 aliphatic rings. The summed E-state index contributed by atoms with van der Waals surface area (Å²) < 4.78 is 0. The molecule has 0 radical (unpaired) electrons. The molecule has 0 aromatic carbocycles. The van der Waals surface area contributed by atoms with Crippen LogP contribution in [0, 0.1) is 10.8 Å². The number of rotatable bonds is 1. The Balaban J connectivity index is 2.88. The Kier molecular flexibility index (Phi) is 2.14. The van der Waals surface area contributed by atoms with E-state index in [1.54, 1.807) is 11.3 Å². The molecule has 2 heteroatoms. The van der Waals surface area contributed by atoms with E-state index in [2.05, 4.69) is 20.8 Å². The highest BCUT2D eigenvalue weighted by atomic mass is 32.1. The van der Waals surface area contributed by atoms with Gasteiger partial charge in [0.1, 0.15) is 0 Å². The number of hydrogen-bond donors (Lipinski definition) is 1. The summed E-state index contributed by atoms with van der Waals surface area (Å²) in [5.41, 5.74) is 1.75. The largest absolute Gasteiger partial charge is 0.304 e. The van der Waals surface area contributed by atoms with E-state index in [9.17, 15) is 0 Å². The zero-order chi connectivity index (χ0) is 8.48. The summed E-state index contributed by atoms with van der Waals surface area (Å²) in [6, 6.07) is 2.00. The highest BCUT2D eigenvalue weighted by Crippen LogP contribution is 2.21. The van der Waals surface area contributed by atoms with Crippen LogP contribution in [-0.2, 0) is 0 Å². The summed E-state index contributed by atoms with van der Waals surface area (Å²) in [6.45, 7) is 6.19. The summed E-state index contributed by atoms with van der Waals surface area (Å²) in [6.07, 6.45) is 0. The van der Waals surface area contributed by atoms with Crippen molar-refractivity contribution in [2.75, 3.05) is 0 Å². The molecule has 0 unspecified atom stereocenters. The molecule has 1 rings (SSSR count). The molecule has 0 fully saturated rings. The number of hydrogen-bond acceptors (Lipinski definition) is 2. The summed E-state index contributed by atoms with van der Waals surface area (Å²) in [5.74, 6) is 0. The molecule has 0 atom stereocenters. The normalized spacial score (nSPS) is 11.5. The van der Waals surface area contributed by atoms with Gasteiger partial charge in [-0.25, -0.2) is 0 Å². The Morgan fingerprint density at radius 2 is 2.09 bits per heavy atom. The molecule has 0 aliphatic heterocycles. The minimum absolute atomic E-state index is 0.0267. The van der Waals surface area contributed by atoms with Crippen molar-refractivity contribution in [2.24, 2.45) is 5.41 Å².